The Morgan fingerprint density at radius 2 is 2.07 bits per heavy atom. The van der Waals surface area contributed by atoms with Gasteiger partial charge < -0.3 is 9.30 Å². The first-order valence-corrected chi connectivity index (χ1v) is 9.91. The molecule has 1 aromatic carbocycles. The zero-order valence-corrected chi connectivity index (χ0v) is 18.1. The Morgan fingerprint density at radius 1 is 1.37 bits per heavy atom. The second-order valence-corrected chi connectivity index (χ2v) is 9.11. The number of thiazole rings is 1. The van der Waals surface area contributed by atoms with Crippen LogP contribution in [0.15, 0.2) is 34.4 Å². The predicted octanol–water partition coefficient (Wildman–Crippen LogP) is 4.99. The van der Waals surface area contributed by atoms with Crippen LogP contribution in [0.1, 0.15) is 45.1 Å². The number of nitrogens with zero attached hydrogens (tertiary/aromatic N) is 4. The maximum Gasteiger partial charge on any atom is 0.207 e. The highest BCUT2D eigenvalue weighted by molar-refractivity contribution is 7.09. The van der Waals surface area contributed by atoms with Crippen molar-refractivity contribution in [2.24, 2.45) is 15.9 Å². The number of halogens is 1. The smallest absolute Gasteiger partial charge is 0.207 e. The molecular weight excluding hydrogens is 380 g/mol. The zero-order chi connectivity index (χ0) is 20.2. The predicted molar refractivity (Wildman–Crippen MR) is 112 cm³/mol. The highest BCUT2D eigenvalue weighted by Crippen LogP contribution is 2.26. The van der Waals surface area contributed by atoms with Gasteiger partial charge in [-0.1, -0.05) is 46.2 Å². The minimum absolute atomic E-state index is 0.0114. The number of methoxy groups -OCH3 is 1. The summed E-state index contributed by atoms with van der Waals surface area (Å²) in [6.45, 7) is 11.7. The van der Waals surface area contributed by atoms with Gasteiger partial charge in [0.1, 0.15) is 5.75 Å². The molecule has 0 fully saturated rings. The lowest BCUT2D eigenvalue weighted by atomic mass is 9.95. The van der Waals surface area contributed by atoms with Crippen molar-refractivity contribution in [2.75, 3.05) is 7.11 Å². The molecule has 0 spiro atoms. The van der Waals surface area contributed by atoms with E-state index in [0.717, 1.165) is 11.3 Å². The van der Waals surface area contributed by atoms with Crippen molar-refractivity contribution in [1.29, 1.82) is 5.26 Å². The lowest BCUT2D eigenvalue weighted by Crippen LogP contribution is -2.19. The maximum atomic E-state index is 9.18. The van der Waals surface area contributed by atoms with Gasteiger partial charge in [-0.3, -0.25) is 0 Å². The standard InChI is InChI=1S/C20H25ClN4OS/c1-13(2)10-25-11-17(20(3,4)5)27-19(25)24-18(23-12-22)15-9-14(21)7-8-16(15)26-6/h7-9,11,13H,10H2,1-6H3. The minimum atomic E-state index is 0.0114. The van der Waals surface area contributed by atoms with E-state index in [2.05, 4.69) is 50.4 Å². The quantitative estimate of drug-likeness (QED) is 0.409. The van der Waals surface area contributed by atoms with Crippen molar-refractivity contribution < 1.29 is 4.74 Å². The summed E-state index contributed by atoms with van der Waals surface area (Å²) < 4.78 is 7.53. The first-order valence-electron chi connectivity index (χ1n) is 8.72. The fourth-order valence-corrected chi connectivity index (χ4v) is 3.71. The summed E-state index contributed by atoms with van der Waals surface area (Å²) in [5.74, 6) is 1.32. The molecule has 5 nitrogen and oxygen atoms in total. The van der Waals surface area contributed by atoms with E-state index in [1.165, 1.54) is 4.88 Å². The normalized spacial score (nSPS) is 13.1. The molecule has 144 valence electrons. The van der Waals surface area contributed by atoms with Gasteiger partial charge in [-0.25, -0.2) is 0 Å². The number of hydrogen-bond acceptors (Lipinski definition) is 4. The van der Waals surface area contributed by atoms with Crippen LogP contribution in [-0.4, -0.2) is 17.5 Å². The number of aromatic nitrogens is 1. The topological polar surface area (TPSA) is 62.7 Å². The third kappa shape index (κ3) is 5.44. The lowest BCUT2D eigenvalue weighted by molar-refractivity contribution is 0.414. The van der Waals surface area contributed by atoms with Crippen LogP contribution in [0.4, 0.5) is 0 Å². The molecule has 0 saturated heterocycles. The van der Waals surface area contributed by atoms with Crippen LogP contribution >= 0.6 is 22.9 Å². The van der Waals surface area contributed by atoms with Gasteiger partial charge in [0.25, 0.3) is 0 Å². The first-order chi connectivity index (χ1) is 12.7. The summed E-state index contributed by atoms with van der Waals surface area (Å²) in [5.41, 5.74) is 0.602. The van der Waals surface area contributed by atoms with Gasteiger partial charge in [-0.2, -0.15) is 15.2 Å². The molecule has 0 radical (unpaired) electrons. The molecule has 0 atom stereocenters. The van der Waals surface area contributed by atoms with E-state index in [4.69, 9.17) is 21.3 Å². The van der Waals surface area contributed by atoms with E-state index < -0.39 is 0 Å². The number of ether oxygens (including phenoxy) is 1. The molecule has 0 aliphatic heterocycles. The van der Waals surface area contributed by atoms with E-state index in [1.807, 2.05) is 6.19 Å². The number of benzene rings is 1. The number of rotatable bonds is 4. The van der Waals surface area contributed by atoms with Crippen LogP contribution in [0.5, 0.6) is 5.75 Å². The molecule has 1 aromatic heterocycles. The molecule has 0 amide bonds. The second-order valence-electron chi connectivity index (χ2n) is 7.67. The van der Waals surface area contributed by atoms with Gasteiger partial charge in [0, 0.05) is 22.6 Å². The fraction of sp³-hybridized carbons (Fsp3) is 0.450. The van der Waals surface area contributed by atoms with E-state index in [0.29, 0.717) is 22.3 Å². The molecule has 0 aliphatic rings. The summed E-state index contributed by atoms with van der Waals surface area (Å²) in [4.78, 5) is 10.7. The van der Waals surface area contributed by atoms with Crippen molar-refractivity contribution in [3.05, 3.63) is 44.7 Å². The monoisotopic (exact) mass is 404 g/mol. The number of amidine groups is 1. The van der Waals surface area contributed by atoms with Crippen LogP contribution in [0, 0.1) is 17.4 Å². The van der Waals surface area contributed by atoms with Crippen molar-refractivity contribution in [3.63, 3.8) is 0 Å². The molecule has 7 heteroatoms. The Morgan fingerprint density at radius 3 is 2.63 bits per heavy atom. The Hall–Kier alpha value is -2.10. The van der Waals surface area contributed by atoms with Gasteiger partial charge in [0.05, 0.1) is 12.7 Å². The second kappa shape index (κ2) is 8.73. The first kappa shape index (κ1) is 21.2. The van der Waals surface area contributed by atoms with Crippen molar-refractivity contribution in [2.45, 2.75) is 46.6 Å². The Balaban J connectivity index is 2.69. The molecule has 2 aromatic rings. The molecule has 0 aliphatic carbocycles. The van der Waals surface area contributed by atoms with Crippen LogP contribution in [0.2, 0.25) is 5.02 Å². The van der Waals surface area contributed by atoms with Crippen LogP contribution in [0.25, 0.3) is 0 Å². The average Bonchev–Trinajstić information content (AvgIpc) is 2.96. The van der Waals surface area contributed by atoms with E-state index in [-0.39, 0.29) is 11.3 Å². The number of hydrogen-bond donors (Lipinski definition) is 0. The molecule has 27 heavy (non-hydrogen) atoms. The SMILES string of the molecule is COc1ccc(Cl)cc1C(=NC#N)N=c1sc(C(C)(C)C)cn1CC(C)C. The Kier molecular flexibility index (Phi) is 6.85. The van der Waals surface area contributed by atoms with Gasteiger partial charge in [-0.05, 0) is 29.5 Å². The lowest BCUT2D eigenvalue weighted by Gasteiger charge is -2.14. The van der Waals surface area contributed by atoms with E-state index in [1.54, 1.807) is 36.6 Å². The maximum absolute atomic E-state index is 9.18. The molecule has 0 unspecified atom stereocenters. The molecule has 1 heterocycles. The summed E-state index contributed by atoms with van der Waals surface area (Å²) in [5, 5.41) is 9.71. The molecular formula is C20H25ClN4OS. The number of nitriles is 1. The third-order valence-electron chi connectivity index (χ3n) is 3.78. The van der Waals surface area contributed by atoms with Crippen LogP contribution < -0.4 is 9.54 Å². The summed E-state index contributed by atoms with van der Waals surface area (Å²) in [6.07, 6.45) is 3.99. The highest BCUT2D eigenvalue weighted by Gasteiger charge is 2.19. The molecule has 0 N–H and O–H groups in total. The fourth-order valence-electron chi connectivity index (χ4n) is 2.48. The van der Waals surface area contributed by atoms with Crippen LogP contribution in [-0.2, 0) is 12.0 Å². The van der Waals surface area contributed by atoms with Gasteiger partial charge in [0.2, 0.25) is 6.19 Å². The van der Waals surface area contributed by atoms with Crippen molar-refractivity contribution in [1.82, 2.24) is 4.57 Å². The van der Waals surface area contributed by atoms with Crippen molar-refractivity contribution in [3.8, 4) is 11.9 Å². The molecule has 0 bridgehead atoms. The molecule has 0 saturated carbocycles. The minimum Gasteiger partial charge on any atom is -0.496 e. The highest BCUT2D eigenvalue weighted by atomic mass is 35.5. The van der Waals surface area contributed by atoms with Gasteiger partial charge >= 0.3 is 0 Å². The third-order valence-corrected chi connectivity index (χ3v) is 5.46. The van der Waals surface area contributed by atoms with E-state index >= 15 is 0 Å². The summed E-state index contributed by atoms with van der Waals surface area (Å²) >= 11 is 7.75. The van der Waals surface area contributed by atoms with E-state index in [9.17, 15) is 5.26 Å². The zero-order valence-electron chi connectivity index (χ0n) is 16.6. The number of aliphatic imine (C=N–C) groups is 1. The average molecular weight is 405 g/mol. The Bertz CT molecular complexity index is 942. The van der Waals surface area contributed by atoms with Crippen molar-refractivity contribution >= 4 is 28.8 Å². The summed E-state index contributed by atoms with van der Waals surface area (Å²) in [7, 11) is 1.57. The Labute approximate surface area is 169 Å². The van der Waals surface area contributed by atoms with Crippen LogP contribution in [0.3, 0.4) is 0 Å². The van der Waals surface area contributed by atoms with Gasteiger partial charge in [-0.15, -0.1) is 11.3 Å². The summed E-state index contributed by atoms with van der Waals surface area (Å²) in [6, 6.07) is 5.19. The van der Waals surface area contributed by atoms with Gasteiger partial charge in [0.15, 0.2) is 10.6 Å². The largest absolute Gasteiger partial charge is 0.496 e. The molecule has 2 rings (SSSR count).